The van der Waals surface area contributed by atoms with Crippen molar-refractivity contribution in [3.05, 3.63) is 84.6 Å². The van der Waals surface area contributed by atoms with Gasteiger partial charge in [0.1, 0.15) is 11.4 Å². The topological polar surface area (TPSA) is 41.8 Å². The van der Waals surface area contributed by atoms with Crippen molar-refractivity contribution < 1.29 is 4.42 Å². The van der Waals surface area contributed by atoms with Crippen LogP contribution in [0.5, 0.6) is 0 Å². The van der Waals surface area contributed by atoms with Crippen LogP contribution in [0.1, 0.15) is 17.0 Å². The van der Waals surface area contributed by atoms with Crippen molar-refractivity contribution in [2.75, 3.05) is 0 Å². The Morgan fingerprint density at radius 3 is 2.72 bits per heavy atom. The van der Waals surface area contributed by atoms with Gasteiger partial charge >= 0.3 is 0 Å². The zero-order valence-electron chi connectivity index (χ0n) is 13.7. The number of benzene rings is 1. The van der Waals surface area contributed by atoms with Gasteiger partial charge in [0.05, 0.1) is 12.0 Å². The van der Waals surface area contributed by atoms with Gasteiger partial charge in [0.25, 0.3) is 0 Å². The molecule has 3 heterocycles. The molecular formula is C21H18N2OS. The molecular weight excluding hydrogens is 328 g/mol. The number of pyridine rings is 1. The Hall–Kier alpha value is -2.72. The van der Waals surface area contributed by atoms with Crippen LogP contribution in [0.25, 0.3) is 28.2 Å². The summed E-state index contributed by atoms with van der Waals surface area (Å²) in [4.78, 5) is 7.97. The normalized spacial score (nSPS) is 11.0. The van der Waals surface area contributed by atoms with Crippen LogP contribution in [-0.2, 0) is 11.5 Å². The molecule has 1 aromatic carbocycles. The summed E-state index contributed by atoms with van der Waals surface area (Å²) in [6, 6.07) is 16.5. The summed E-state index contributed by atoms with van der Waals surface area (Å²) in [5.74, 6) is 2.72. The molecule has 0 aliphatic carbocycles. The molecule has 0 saturated heterocycles. The maximum Gasteiger partial charge on any atom is 0.138 e. The Kier molecular flexibility index (Phi) is 4.44. The van der Waals surface area contributed by atoms with E-state index >= 15 is 0 Å². The maximum atomic E-state index is 5.42. The molecule has 0 amide bonds. The summed E-state index contributed by atoms with van der Waals surface area (Å²) in [7, 11) is 0. The van der Waals surface area contributed by atoms with E-state index in [2.05, 4.69) is 46.9 Å². The molecule has 25 heavy (non-hydrogen) atoms. The Labute approximate surface area is 150 Å². The van der Waals surface area contributed by atoms with E-state index in [0.717, 1.165) is 33.9 Å². The van der Waals surface area contributed by atoms with Gasteiger partial charge in [0, 0.05) is 28.6 Å². The Bertz CT molecular complexity index is 985. The number of aromatic nitrogens is 2. The van der Waals surface area contributed by atoms with E-state index in [9.17, 15) is 0 Å². The van der Waals surface area contributed by atoms with Crippen LogP contribution in [-0.4, -0.2) is 9.97 Å². The summed E-state index contributed by atoms with van der Waals surface area (Å²) in [5.41, 5.74) is 5.66. The second kappa shape index (κ2) is 7.03. The molecule has 4 heteroatoms. The van der Waals surface area contributed by atoms with Crippen molar-refractivity contribution in [1.82, 2.24) is 9.97 Å². The number of aromatic amines is 1. The Morgan fingerprint density at radius 1 is 1.08 bits per heavy atom. The molecule has 1 N–H and O–H groups in total. The third kappa shape index (κ3) is 3.26. The number of nitrogens with zero attached hydrogens (tertiary/aromatic N) is 1. The molecule has 0 bridgehead atoms. The molecule has 0 fully saturated rings. The van der Waals surface area contributed by atoms with Crippen molar-refractivity contribution >= 4 is 28.9 Å². The van der Waals surface area contributed by atoms with Crippen LogP contribution in [0.15, 0.2) is 72.0 Å². The Balaban J connectivity index is 1.68. The highest BCUT2D eigenvalue weighted by Crippen LogP contribution is 2.34. The van der Waals surface area contributed by atoms with Crippen molar-refractivity contribution in [3.63, 3.8) is 0 Å². The minimum absolute atomic E-state index is 0.852. The van der Waals surface area contributed by atoms with Gasteiger partial charge in [-0.2, -0.15) is 0 Å². The molecule has 0 atom stereocenters. The van der Waals surface area contributed by atoms with E-state index in [1.54, 1.807) is 6.26 Å². The van der Waals surface area contributed by atoms with Crippen LogP contribution in [0.2, 0.25) is 0 Å². The summed E-state index contributed by atoms with van der Waals surface area (Å²) in [6.45, 7) is 3.83. The fourth-order valence-electron chi connectivity index (χ4n) is 2.95. The van der Waals surface area contributed by atoms with Crippen molar-refractivity contribution in [3.8, 4) is 11.1 Å². The quantitative estimate of drug-likeness (QED) is 0.472. The van der Waals surface area contributed by atoms with E-state index in [-0.39, 0.29) is 0 Å². The van der Waals surface area contributed by atoms with Crippen molar-refractivity contribution in [2.45, 2.75) is 11.5 Å². The Morgan fingerprint density at radius 2 is 1.96 bits per heavy atom. The first-order valence-electron chi connectivity index (χ1n) is 8.14. The highest BCUT2D eigenvalue weighted by atomic mass is 32.2. The molecule has 0 radical (unpaired) electrons. The standard InChI is InChI=1S/C21H18N2OS/c1-2-15-7-9-16(10-8-15)20-18-6-3-11-22-21(18)23-19(20)14-25-13-17-5-4-12-24-17/h2-12H,1,13-14H2,(H,22,23). The average Bonchev–Trinajstić information content (AvgIpc) is 3.29. The zero-order valence-corrected chi connectivity index (χ0v) is 14.6. The first-order chi connectivity index (χ1) is 12.3. The van der Waals surface area contributed by atoms with E-state index < -0.39 is 0 Å². The highest BCUT2D eigenvalue weighted by Gasteiger charge is 2.14. The zero-order chi connectivity index (χ0) is 17.1. The monoisotopic (exact) mass is 346 g/mol. The van der Waals surface area contributed by atoms with Gasteiger partial charge in [-0.15, -0.1) is 11.8 Å². The molecule has 0 unspecified atom stereocenters. The average molecular weight is 346 g/mol. The molecule has 0 spiro atoms. The molecule has 124 valence electrons. The summed E-state index contributed by atoms with van der Waals surface area (Å²) in [6.07, 6.45) is 5.40. The summed E-state index contributed by atoms with van der Waals surface area (Å²) < 4.78 is 5.42. The van der Waals surface area contributed by atoms with Gasteiger partial charge < -0.3 is 9.40 Å². The number of fused-ring (bicyclic) bond motifs is 1. The number of rotatable bonds is 6. The lowest BCUT2D eigenvalue weighted by molar-refractivity contribution is 0.530. The molecule has 4 rings (SSSR count). The van der Waals surface area contributed by atoms with Crippen LogP contribution in [0.3, 0.4) is 0 Å². The van der Waals surface area contributed by atoms with E-state index in [1.807, 2.05) is 42.2 Å². The second-order valence-electron chi connectivity index (χ2n) is 5.78. The van der Waals surface area contributed by atoms with Crippen molar-refractivity contribution in [2.24, 2.45) is 0 Å². The third-order valence-electron chi connectivity index (χ3n) is 4.15. The van der Waals surface area contributed by atoms with Gasteiger partial charge in [-0.3, -0.25) is 0 Å². The molecule has 0 aliphatic rings. The van der Waals surface area contributed by atoms with Gasteiger partial charge in [-0.05, 0) is 35.4 Å². The molecule has 3 aromatic heterocycles. The molecule has 4 aromatic rings. The molecule has 3 nitrogen and oxygen atoms in total. The number of hydrogen-bond acceptors (Lipinski definition) is 3. The number of hydrogen-bond donors (Lipinski definition) is 1. The summed E-state index contributed by atoms with van der Waals surface area (Å²) in [5, 5.41) is 1.16. The predicted octanol–water partition coefficient (Wildman–Crippen LogP) is 5.90. The van der Waals surface area contributed by atoms with Crippen LogP contribution in [0, 0.1) is 0 Å². The van der Waals surface area contributed by atoms with Crippen LogP contribution >= 0.6 is 11.8 Å². The first-order valence-corrected chi connectivity index (χ1v) is 9.29. The smallest absolute Gasteiger partial charge is 0.138 e. The van der Waals surface area contributed by atoms with Gasteiger partial charge in [-0.25, -0.2) is 4.98 Å². The SMILES string of the molecule is C=Cc1ccc(-c2c(CSCc3ccco3)[nH]c3ncccc23)cc1. The maximum absolute atomic E-state index is 5.42. The van der Waals surface area contributed by atoms with Crippen LogP contribution < -0.4 is 0 Å². The van der Waals surface area contributed by atoms with Gasteiger partial charge in [0.15, 0.2) is 0 Å². The highest BCUT2D eigenvalue weighted by molar-refractivity contribution is 7.97. The predicted molar refractivity (Wildman–Crippen MR) is 105 cm³/mol. The lowest BCUT2D eigenvalue weighted by atomic mass is 10.0. The van der Waals surface area contributed by atoms with E-state index in [4.69, 9.17) is 4.42 Å². The van der Waals surface area contributed by atoms with Crippen LogP contribution in [0.4, 0.5) is 0 Å². The number of thioether (sulfide) groups is 1. The summed E-state index contributed by atoms with van der Waals surface area (Å²) >= 11 is 1.83. The molecule has 0 aliphatic heterocycles. The largest absolute Gasteiger partial charge is 0.468 e. The number of nitrogens with one attached hydrogen (secondary N) is 1. The first kappa shape index (κ1) is 15.8. The van der Waals surface area contributed by atoms with E-state index in [1.165, 1.54) is 16.8 Å². The fourth-order valence-corrected chi connectivity index (χ4v) is 3.84. The second-order valence-corrected chi connectivity index (χ2v) is 6.76. The number of furan rings is 1. The minimum Gasteiger partial charge on any atom is -0.468 e. The lowest BCUT2D eigenvalue weighted by Gasteiger charge is -2.06. The van der Waals surface area contributed by atoms with Gasteiger partial charge in [0.2, 0.25) is 0 Å². The fraction of sp³-hybridized carbons (Fsp3) is 0.0952. The number of H-pyrrole nitrogens is 1. The van der Waals surface area contributed by atoms with E-state index in [0.29, 0.717) is 0 Å². The van der Waals surface area contributed by atoms with Gasteiger partial charge in [-0.1, -0.05) is 36.9 Å². The third-order valence-corrected chi connectivity index (χ3v) is 5.14. The molecule has 0 saturated carbocycles. The minimum atomic E-state index is 0.852. The van der Waals surface area contributed by atoms with Crippen molar-refractivity contribution in [1.29, 1.82) is 0 Å². The lowest BCUT2D eigenvalue weighted by Crippen LogP contribution is -1.87.